The van der Waals surface area contributed by atoms with Gasteiger partial charge in [0.15, 0.2) is 0 Å². The van der Waals surface area contributed by atoms with E-state index in [0.717, 1.165) is 5.56 Å². The van der Waals surface area contributed by atoms with Crippen LogP contribution in [0.3, 0.4) is 0 Å². The van der Waals surface area contributed by atoms with Gasteiger partial charge < -0.3 is 14.6 Å². The summed E-state index contributed by atoms with van der Waals surface area (Å²) in [5.41, 5.74) is 0.886. The number of carbonyl (C=O) groups excluding carboxylic acids is 2. The Morgan fingerprint density at radius 3 is 2.65 bits per heavy atom. The highest BCUT2D eigenvalue weighted by molar-refractivity contribution is 5.92. The first kappa shape index (κ1) is 13.0. The molecule has 1 rings (SSSR count). The Balaban J connectivity index is 2.75. The van der Waals surface area contributed by atoms with Crippen molar-refractivity contribution in [2.24, 2.45) is 0 Å². The number of benzene rings is 1. The molecule has 0 fully saturated rings. The maximum absolute atomic E-state index is 11.3. The van der Waals surface area contributed by atoms with Crippen molar-refractivity contribution in [3.63, 3.8) is 0 Å². The van der Waals surface area contributed by atoms with Crippen LogP contribution in [0.2, 0.25) is 0 Å². The molecule has 0 heterocycles. The number of phenols is 1. The molecule has 0 atom stereocenters. The van der Waals surface area contributed by atoms with Gasteiger partial charge in [0.25, 0.3) is 0 Å². The molecule has 0 spiro atoms. The molecule has 0 amide bonds. The minimum atomic E-state index is -0.600. The van der Waals surface area contributed by atoms with Gasteiger partial charge in [-0.3, -0.25) is 4.79 Å². The number of rotatable bonds is 4. The fraction of sp³-hybridized carbons (Fsp3) is 0.333. The van der Waals surface area contributed by atoms with Gasteiger partial charge in [-0.05, 0) is 17.7 Å². The van der Waals surface area contributed by atoms with E-state index in [0.29, 0.717) is 6.42 Å². The molecule has 0 unspecified atom stereocenters. The van der Waals surface area contributed by atoms with E-state index in [9.17, 15) is 14.7 Å². The second-order valence-corrected chi connectivity index (χ2v) is 3.43. The zero-order valence-corrected chi connectivity index (χ0v) is 9.73. The zero-order valence-electron chi connectivity index (χ0n) is 9.73. The first-order chi connectivity index (χ1) is 8.04. The molecular formula is C12H14O5. The van der Waals surface area contributed by atoms with E-state index in [1.54, 1.807) is 6.07 Å². The fourth-order valence-corrected chi connectivity index (χ4v) is 1.32. The van der Waals surface area contributed by atoms with Gasteiger partial charge in [0, 0.05) is 13.3 Å². The molecule has 0 bridgehead atoms. The van der Waals surface area contributed by atoms with Gasteiger partial charge in [-0.25, -0.2) is 4.79 Å². The number of esters is 2. The lowest BCUT2D eigenvalue weighted by Crippen LogP contribution is -2.05. The van der Waals surface area contributed by atoms with Crippen LogP contribution in [0.25, 0.3) is 0 Å². The predicted octanol–water partition coefficient (Wildman–Crippen LogP) is 1.28. The minimum absolute atomic E-state index is 0.104. The van der Waals surface area contributed by atoms with Crippen LogP contribution in [0, 0.1) is 0 Å². The smallest absolute Gasteiger partial charge is 0.341 e. The quantitative estimate of drug-likeness (QED) is 0.800. The standard InChI is InChI=1S/C12H14O5/c1-8(13)17-6-5-9-3-4-11(14)10(7-9)12(15)16-2/h3-4,7,14H,5-6H2,1-2H3. The average molecular weight is 238 g/mol. The molecule has 5 nitrogen and oxygen atoms in total. The van der Waals surface area contributed by atoms with Gasteiger partial charge in [0.2, 0.25) is 0 Å². The summed E-state index contributed by atoms with van der Waals surface area (Å²) in [5.74, 6) is -1.08. The molecule has 17 heavy (non-hydrogen) atoms. The number of aromatic hydroxyl groups is 1. The van der Waals surface area contributed by atoms with Crippen molar-refractivity contribution in [3.05, 3.63) is 29.3 Å². The number of methoxy groups -OCH3 is 1. The van der Waals surface area contributed by atoms with Gasteiger partial charge in [-0.15, -0.1) is 0 Å². The fourth-order valence-electron chi connectivity index (χ4n) is 1.32. The molecule has 0 radical (unpaired) electrons. The average Bonchev–Trinajstić information content (AvgIpc) is 2.30. The van der Waals surface area contributed by atoms with E-state index in [1.807, 2.05) is 0 Å². The van der Waals surface area contributed by atoms with E-state index >= 15 is 0 Å². The molecule has 0 saturated carbocycles. The minimum Gasteiger partial charge on any atom is -0.507 e. The molecule has 5 heteroatoms. The van der Waals surface area contributed by atoms with Crippen molar-refractivity contribution >= 4 is 11.9 Å². The SMILES string of the molecule is COC(=O)c1cc(CCOC(C)=O)ccc1O. The van der Waals surface area contributed by atoms with Crippen LogP contribution in [0.4, 0.5) is 0 Å². The highest BCUT2D eigenvalue weighted by atomic mass is 16.5. The number of ether oxygens (including phenoxy) is 2. The van der Waals surface area contributed by atoms with Crippen LogP contribution in [0.5, 0.6) is 5.75 Å². The van der Waals surface area contributed by atoms with Gasteiger partial charge in [0.05, 0.1) is 13.7 Å². The maximum atomic E-state index is 11.3. The Morgan fingerprint density at radius 1 is 1.35 bits per heavy atom. The first-order valence-electron chi connectivity index (χ1n) is 5.08. The van der Waals surface area contributed by atoms with E-state index in [4.69, 9.17) is 4.74 Å². The molecule has 1 aromatic rings. The van der Waals surface area contributed by atoms with Crippen LogP contribution in [0.15, 0.2) is 18.2 Å². The van der Waals surface area contributed by atoms with Gasteiger partial charge in [-0.2, -0.15) is 0 Å². The Labute approximate surface area is 99.0 Å². The summed E-state index contributed by atoms with van der Waals surface area (Å²) in [7, 11) is 1.24. The maximum Gasteiger partial charge on any atom is 0.341 e. The third-order valence-corrected chi connectivity index (χ3v) is 2.16. The number of hydrogen-bond donors (Lipinski definition) is 1. The third kappa shape index (κ3) is 3.79. The van der Waals surface area contributed by atoms with Gasteiger partial charge >= 0.3 is 11.9 Å². The second kappa shape index (κ2) is 5.89. The molecule has 1 N–H and O–H groups in total. The highest BCUT2D eigenvalue weighted by Gasteiger charge is 2.12. The Bertz CT molecular complexity index is 425. The molecule has 1 aromatic carbocycles. The van der Waals surface area contributed by atoms with Crippen molar-refractivity contribution in [3.8, 4) is 5.75 Å². The third-order valence-electron chi connectivity index (χ3n) is 2.16. The second-order valence-electron chi connectivity index (χ2n) is 3.43. The lowest BCUT2D eigenvalue weighted by molar-refractivity contribution is -0.140. The summed E-state index contributed by atoms with van der Waals surface area (Å²) in [4.78, 5) is 21.9. The summed E-state index contributed by atoms with van der Waals surface area (Å²) in [5, 5.41) is 9.46. The lowest BCUT2D eigenvalue weighted by Gasteiger charge is -2.06. The number of carbonyl (C=O) groups is 2. The van der Waals surface area contributed by atoms with Crippen LogP contribution in [0.1, 0.15) is 22.8 Å². The summed E-state index contributed by atoms with van der Waals surface area (Å²) in [6, 6.07) is 4.59. The zero-order chi connectivity index (χ0) is 12.8. The first-order valence-corrected chi connectivity index (χ1v) is 5.08. The van der Waals surface area contributed by atoms with E-state index in [2.05, 4.69) is 4.74 Å². The van der Waals surface area contributed by atoms with Crippen molar-refractivity contribution in [2.75, 3.05) is 13.7 Å². The van der Waals surface area contributed by atoms with Crippen molar-refractivity contribution in [1.82, 2.24) is 0 Å². The summed E-state index contributed by atoms with van der Waals surface area (Å²) >= 11 is 0. The van der Waals surface area contributed by atoms with Crippen LogP contribution >= 0.6 is 0 Å². The van der Waals surface area contributed by atoms with Crippen LogP contribution in [-0.2, 0) is 20.7 Å². The molecule has 0 aromatic heterocycles. The summed E-state index contributed by atoms with van der Waals surface area (Å²) in [6.45, 7) is 1.57. The molecule has 0 aliphatic carbocycles. The van der Waals surface area contributed by atoms with E-state index < -0.39 is 5.97 Å². The molecule has 92 valence electrons. The normalized spacial score (nSPS) is 9.76. The highest BCUT2D eigenvalue weighted by Crippen LogP contribution is 2.19. The topological polar surface area (TPSA) is 72.8 Å². The monoisotopic (exact) mass is 238 g/mol. The predicted molar refractivity (Wildman–Crippen MR) is 59.8 cm³/mol. The largest absolute Gasteiger partial charge is 0.507 e. The Kier molecular flexibility index (Phi) is 4.51. The summed E-state index contributed by atoms with van der Waals surface area (Å²) < 4.78 is 9.32. The Hall–Kier alpha value is -2.04. The van der Waals surface area contributed by atoms with Gasteiger partial charge in [0.1, 0.15) is 11.3 Å². The van der Waals surface area contributed by atoms with Crippen LogP contribution in [-0.4, -0.2) is 30.8 Å². The molecule has 0 aliphatic heterocycles. The summed E-state index contributed by atoms with van der Waals surface area (Å²) in [6.07, 6.45) is 0.476. The Morgan fingerprint density at radius 2 is 2.06 bits per heavy atom. The van der Waals surface area contributed by atoms with Crippen molar-refractivity contribution in [1.29, 1.82) is 0 Å². The van der Waals surface area contributed by atoms with E-state index in [-0.39, 0.29) is 23.9 Å². The van der Waals surface area contributed by atoms with Crippen molar-refractivity contribution in [2.45, 2.75) is 13.3 Å². The van der Waals surface area contributed by atoms with Gasteiger partial charge in [-0.1, -0.05) is 6.07 Å². The number of hydrogen-bond acceptors (Lipinski definition) is 5. The van der Waals surface area contributed by atoms with E-state index in [1.165, 1.54) is 26.2 Å². The van der Waals surface area contributed by atoms with Crippen molar-refractivity contribution < 1.29 is 24.2 Å². The molecular weight excluding hydrogens is 224 g/mol. The lowest BCUT2D eigenvalue weighted by atomic mass is 10.1. The number of phenolic OH excluding ortho intramolecular Hbond substituents is 1. The molecule has 0 saturated heterocycles. The molecule has 0 aliphatic rings. The van der Waals surface area contributed by atoms with Crippen LogP contribution < -0.4 is 0 Å².